The van der Waals surface area contributed by atoms with E-state index in [1.165, 1.54) is 49.7 Å². The fourth-order valence-electron chi connectivity index (χ4n) is 5.14. The molecule has 10 nitrogen and oxygen atoms in total. The van der Waals surface area contributed by atoms with Crippen LogP contribution in [0.15, 0.2) is 33.3 Å². The summed E-state index contributed by atoms with van der Waals surface area (Å²) in [6.07, 6.45) is 8.76. The van der Waals surface area contributed by atoms with E-state index in [0.29, 0.717) is 12.4 Å². The molecule has 2 heterocycles. The number of rotatable bonds is 9. The number of nitrogens with zero attached hydrogens (tertiary/aromatic N) is 4. The fraction of sp³-hybridized carbons (Fsp3) is 0.667. The summed E-state index contributed by atoms with van der Waals surface area (Å²) in [4.78, 5) is 42.0. The lowest BCUT2D eigenvalue weighted by Gasteiger charge is -2.30. The van der Waals surface area contributed by atoms with E-state index >= 15 is 0 Å². The Hall–Kier alpha value is -3.43. The zero-order chi connectivity index (χ0) is 31.6. The van der Waals surface area contributed by atoms with Crippen molar-refractivity contribution in [1.82, 2.24) is 10.2 Å². The third-order valence-electron chi connectivity index (χ3n) is 7.13. The topological polar surface area (TPSA) is 114 Å². The number of hydrogen-bond donors (Lipinski definition) is 1. The first kappa shape index (κ1) is 34.1. The summed E-state index contributed by atoms with van der Waals surface area (Å²) in [5.41, 5.74) is 2.74. The zero-order valence-corrected chi connectivity index (χ0v) is 27.4. The van der Waals surface area contributed by atoms with Crippen LogP contribution >= 0.6 is 0 Å². The number of hydrogen-bond acceptors (Lipinski definition) is 7. The summed E-state index contributed by atoms with van der Waals surface area (Å²) in [7, 11) is 0. The highest BCUT2D eigenvalue weighted by molar-refractivity contribution is 6.11. The van der Waals surface area contributed by atoms with Crippen molar-refractivity contribution in [2.75, 3.05) is 13.2 Å². The van der Waals surface area contributed by atoms with Gasteiger partial charge in [0.05, 0.1) is 11.8 Å². The number of benzene rings is 1. The average Bonchev–Trinajstić information content (AvgIpc) is 3.39. The van der Waals surface area contributed by atoms with Crippen molar-refractivity contribution in [2.24, 2.45) is 15.1 Å². The predicted molar refractivity (Wildman–Crippen MR) is 171 cm³/mol. The van der Waals surface area contributed by atoms with Crippen LogP contribution in [0.1, 0.15) is 117 Å². The Kier molecular flexibility index (Phi) is 12.2. The molecule has 1 fully saturated rings. The zero-order valence-electron chi connectivity index (χ0n) is 27.4. The Morgan fingerprint density at radius 1 is 1.05 bits per heavy atom. The number of carbonyl (C=O) groups is 2. The molecule has 2 aliphatic heterocycles. The highest BCUT2D eigenvalue weighted by Gasteiger charge is 2.35. The van der Waals surface area contributed by atoms with E-state index in [1.807, 2.05) is 4.90 Å². The molecule has 10 heteroatoms. The molecule has 1 aromatic rings. The fourth-order valence-corrected chi connectivity index (χ4v) is 5.14. The Labute approximate surface area is 257 Å². The third-order valence-corrected chi connectivity index (χ3v) is 7.13. The van der Waals surface area contributed by atoms with Crippen molar-refractivity contribution >= 4 is 29.7 Å². The first-order valence-corrected chi connectivity index (χ1v) is 15.7. The molecule has 0 saturated carbocycles. The summed E-state index contributed by atoms with van der Waals surface area (Å²) in [6, 6.07) is 6.09. The van der Waals surface area contributed by atoms with Gasteiger partial charge in [-0.15, -0.1) is 4.99 Å². The van der Waals surface area contributed by atoms with Crippen molar-refractivity contribution in [3.63, 3.8) is 0 Å². The van der Waals surface area contributed by atoms with Gasteiger partial charge < -0.3 is 19.2 Å². The minimum Gasteiger partial charge on any atom is -0.444 e. The Morgan fingerprint density at radius 3 is 2.42 bits per heavy atom. The van der Waals surface area contributed by atoms with Crippen molar-refractivity contribution in [1.29, 1.82) is 0 Å². The summed E-state index contributed by atoms with van der Waals surface area (Å²) >= 11 is 0. The molecule has 0 unspecified atom stereocenters. The summed E-state index contributed by atoms with van der Waals surface area (Å²) in [5.74, 6) is 0.570. The van der Waals surface area contributed by atoms with Gasteiger partial charge in [0.15, 0.2) is 12.4 Å². The van der Waals surface area contributed by atoms with Crippen molar-refractivity contribution in [3.8, 4) is 0 Å². The number of aryl methyl sites for hydroxylation is 2. The Balaban J connectivity index is 1.78. The van der Waals surface area contributed by atoms with Gasteiger partial charge in [-0.3, -0.25) is 5.32 Å². The second-order valence-corrected chi connectivity index (χ2v) is 13.3. The van der Waals surface area contributed by atoms with Crippen LogP contribution in [0.4, 0.5) is 9.59 Å². The number of amidine groups is 1. The Morgan fingerprint density at radius 2 is 1.74 bits per heavy atom. The molecule has 1 aromatic carbocycles. The molecule has 238 valence electrons. The number of guanidine groups is 1. The van der Waals surface area contributed by atoms with Crippen LogP contribution in [-0.4, -0.2) is 65.0 Å². The van der Waals surface area contributed by atoms with Gasteiger partial charge in [-0.05, 0) is 91.3 Å². The molecule has 2 amide bonds. The monoisotopic (exact) mass is 597 g/mol. The van der Waals surface area contributed by atoms with Crippen LogP contribution in [0, 0.1) is 6.92 Å². The normalized spacial score (nSPS) is 17.6. The smallest absolute Gasteiger partial charge is 0.437 e. The second-order valence-electron chi connectivity index (χ2n) is 13.3. The molecule has 2 aliphatic rings. The van der Waals surface area contributed by atoms with Crippen LogP contribution in [0.25, 0.3) is 0 Å². The minimum atomic E-state index is -0.801. The number of alkyl carbamates (subject to hydrolysis) is 1. The predicted octanol–water partition coefficient (Wildman–Crippen LogP) is 7.31. The molecule has 0 radical (unpaired) electrons. The molecule has 0 spiro atoms. The van der Waals surface area contributed by atoms with Crippen molar-refractivity contribution < 1.29 is 23.9 Å². The maximum Gasteiger partial charge on any atom is 0.437 e. The minimum absolute atomic E-state index is 0.0626. The lowest BCUT2D eigenvalue weighted by Crippen LogP contribution is -2.51. The number of unbranched alkanes of at least 4 members (excludes halogenated alkanes) is 5. The highest BCUT2D eigenvalue weighted by atomic mass is 16.6. The van der Waals surface area contributed by atoms with Crippen LogP contribution in [0.2, 0.25) is 0 Å². The van der Waals surface area contributed by atoms with Gasteiger partial charge in [-0.2, -0.15) is 0 Å². The molecular weight excluding hydrogens is 546 g/mol. The van der Waals surface area contributed by atoms with E-state index in [2.05, 4.69) is 47.5 Å². The third kappa shape index (κ3) is 11.3. The van der Waals surface area contributed by atoms with E-state index in [-0.39, 0.29) is 18.6 Å². The first-order valence-electron chi connectivity index (χ1n) is 15.7. The van der Waals surface area contributed by atoms with Crippen LogP contribution in [-0.2, 0) is 20.7 Å². The van der Waals surface area contributed by atoms with E-state index in [4.69, 9.17) is 19.3 Å². The number of nitrogens with one attached hydrogen (secondary N) is 1. The number of likely N-dealkylation sites (tertiary alicyclic amines) is 1. The molecule has 3 rings (SSSR count). The summed E-state index contributed by atoms with van der Waals surface area (Å²) in [5, 5.41) is 6.94. The quantitative estimate of drug-likeness (QED) is 0.181. The van der Waals surface area contributed by atoms with Gasteiger partial charge in [0.1, 0.15) is 11.2 Å². The van der Waals surface area contributed by atoms with Gasteiger partial charge in [0, 0.05) is 12.1 Å². The standard InChI is InChI=1S/C33H51N5O5/c1-9-10-11-12-13-14-16-24-18-19-25(21-23(24)2)28-34-26(22-41-37-28)27-17-15-20-38(27)29(35-30(39)42-32(3,4)5)36-31(40)43-33(6,7)8/h18-19,21,27H,9-17,20,22H2,1-8H3,(H,35,36,39,40)/t27-/m0/s1. The molecule has 0 aliphatic carbocycles. The van der Waals surface area contributed by atoms with Gasteiger partial charge in [0.2, 0.25) is 5.96 Å². The summed E-state index contributed by atoms with van der Waals surface area (Å²) in [6.45, 7) is 15.7. The van der Waals surface area contributed by atoms with Gasteiger partial charge >= 0.3 is 12.2 Å². The number of amides is 2. The molecule has 0 aromatic heterocycles. The maximum atomic E-state index is 12.7. The number of carbonyl (C=O) groups excluding carboxylic acids is 2. The molecule has 0 bridgehead atoms. The first-order chi connectivity index (χ1) is 20.3. The molecule has 43 heavy (non-hydrogen) atoms. The van der Waals surface area contributed by atoms with Crippen LogP contribution < -0.4 is 5.32 Å². The maximum absolute atomic E-state index is 12.7. The van der Waals surface area contributed by atoms with Crippen LogP contribution in [0.5, 0.6) is 0 Å². The van der Waals surface area contributed by atoms with Gasteiger partial charge in [0.25, 0.3) is 0 Å². The second kappa shape index (κ2) is 15.3. The van der Waals surface area contributed by atoms with E-state index in [9.17, 15) is 9.59 Å². The molecule has 1 saturated heterocycles. The summed E-state index contributed by atoms with van der Waals surface area (Å²) < 4.78 is 10.9. The lowest BCUT2D eigenvalue weighted by atomic mass is 9.98. The van der Waals surface area contributed by atoms with Gasteiger partial charge in [-0.1, -0.05) is 56.3 Å². The van der Waals surface area contributed by atoms with E-state index < -0.39 is 23.4 Å². The van der Waals surface area contributed by atoms with Crippen molar-refractivity contribution in [3.05, 3.63) is 34.9 Å². The molecular formula is C33H51N5O5. The number of aliphatic imine (C=N–C) groups is 2. The Bertz CT molecular complexity index is 1210. The number of ether oxygens (including phenoxy) is 2. The highest BCUT2D eigenvalue weighted by Crippen LogP contribution is 2.23. The SMILES string of the molecule is CCCCCCCCc1ccc(C2=NOCC([C@@H]3CCCN3C(=NC(=O)OC(C)(C)C)NC(=O)OC(C)(C)C)=N2)cc1C. The average molecular weight is 598 g/mol. The van der Waals surface area contributed by atoms with Crippen molar-refractivity contribution in [2.45, 2.75) is 130 Å². The largest absolute Gasteiger partial charge is 0.444 e. The van der Waals surface area contributed by atoms with Gasteiger partial charge in [-0.25, -0.2) is 14.6 Å². The van der Waals surface area contributed by atoms with Crippen LogP contribution in [0.3, 0.4) is 0 Å². The molecule has 1 atom stereocenters. The van der Waals surface area contributed by atoms with E-state index in [1.54, 1.807) is 41.5 Å². The lowest BCUT2D eigenvalue weighted by molar-refractivity contribution is 0.0554. The van der Waals surface area contributed by atoms with E-state index in [0.717, 1.165) is 30.5 Å². The molecule has 1 N–H and O–H groups in total. The number of oxime groups is 1.